The summed E-state index contributed by atoms with van der Waals surface area (Å²) in [5.74, 6) is 0. The molecular formula is C17H16N4OS. The van der Waals surface area contributed by atoms with Gasteiger partial charge in [0.2, 0.25) is 0 Å². The number of thiazole rings is 1. The zero-order chi connectivity index (χ0) is 15.9. The van der Waals surface area contributed by atoms with Crippen LogP contribution in [0.5, 0.6) is 0 Å². The normalized spacial score (nSPS) is 10.3. The van der Waals surface area contributed by atoms with Crippen molar-refractivity contribution in [1.82, 2.24) is 15.3 Å². The van der Waals surface area contributed by atoms with E-state index in [1.807, 2.05) is 53.9 Å². The molecule has 0 saturated carbocycles. The van der Waals surface area contributed by atoms with Crippen LogP contribution in [0.3, 0.4) is 0 Å². The number of nitrogens with zero attached hydrogens (tertiary/aromatic N) is 2. The molecular weight excluding hydrogens is 308 g/mol. The van der Waals surface area contributed by atoms with Gasteiger partial charge in [-0.05, 0) is 24.3 Å². The molecule has 3 rings (SSSR count). The minimum Gasteiger partial charge on any atom is -0.337 e. The third kappa shape index (κ3) is 4.37. The Bertz CT molecular complexity index is 759. The van der Waals surface area contributed by atoms with Gasteiger partial charge in [-0.25, -0.2) is 9.78 Å². The van der Waals surface area contributed by atoms with Gasteiger partial charge in [-0.2, -0.15) is 0 Å². The van der Waals surface area contributed by atoms with Crippen molar-refractivity contribution < 1.29 is 4.79 Å². The number of anilines is 1. The minimum absolute atomic E-state index is 0.212. The molecule has 0 fully saturated rings. The zero-order valence-electron chi connectivity index (χ0n) is 12.4. The number of hydrogen-bond donors (Lipinski definition) is 2. The molecule has 0 unspecified atom stereocenters. The fourth-order valence-electron chi connectivity index (χ4n) is 2.03. The van der Waals surface area contributed by atoms with Crippen LogP contribution in [0.15, 0.2) is 60.1 Å². The molecule has 0 atom stereocenters. The fraction of sp³-hybridized carbons (Fsp3) is 0.118. The first-order chi connectivity index (χ1) is 11.3. The van der Waals surface area contributed by atoms with Gasteiger partial charge >= 0.3 is 6.03 Å². The first-order valence-electron chi connectivity index (χ1n) is 7.27. The highest BCUT2D eigenvalue weighted by molar-refractivity contribution is 7.13. The van der Waals surface area contributed by atoms with Crippen LogP contribution in [-0.4, -0.2) is 22.5 Å². The summed E-state index contributed by atoms with van der Waals surface area (Å²) in [5, 5.41) is 8.51. The molecule has 0 radical (unpaired) electrons. The van der Waals surface area contributed by atoms with Gasteiger partial charge in [0.25, 0.3) is 0 Å². The molecule has 1 aromatic carbocycles. The van der Waals surface area contributed by atoms with Gasteiger partial charge in [0.1, 0.15) is 5.01 Å². The van der Waals surface area contributed by atoms with Crippen LogP contribution in [0, 0.1) is 0 Å². The predicted molar refractivity (Wildman–Crippen MR) is 92.5 cm³/mol. The number of amides is 2. The van der Waals surface area contributed by atoms with Crippen molar-refractivity contribution >= 4 is 23.1 Å². The Morgan fingerprint density at radius 2 is 1.91 bits per heavy atom. The average molecular weight is 324 g/mol. The number of benzene rings is 1. The molecule has 116 valence electrons. The predicted octanol–water partition coefficient (Wildman–Crippen LogP) is 3.57. The van der Waals surface area contributed by atoms with Gasteiger partial charge in [-0.3, -0.25) is 4.98 Å². The Kier molecular flexibility index (Phi) is 4.95. The van der Waals surface area contributed by atoms with E-state index in [9.17, 15) is 4.79 Å². The van der Waals surface area contributed by atoms with Crippen molar-refractivity contribution in [2.45, 2.75) is 6.42 Å². The first kappa shape index (κ1) is 15.2. The summed E-state index contributed by atoms with van der Waals surface area (Å²) in [6.07, 6.45) is 2.44. The van der Waals surface area contributed by atoms with Gasteiger partial charge in [-0.1, -0.05) is 24.3 Å². The van der Waals surface area contributed by atoms with Crippen LogP contribution in [0.4, 0.5) is 10.5 Å². The summed E-state index contributed by atoms with van der Waals surface area (Å²) in [5.41, 5.74) is 2.60. The van der Waals surface area contributed by atoms with E-state index >= 15 is 0 Å². The first-order valence-corrected chi connectivity index (χ1v) is 8.15. The maximum atomic E-state index is 11.8. The Balaban J connectivity index is 1.48. The Morgan fingerprint density at radius 3 is 2.70 bits per heavy atom. The number of rotatable bonds is 5. The van der Waals surface area contributed by atoms with Gasteiger partial charge in [0.15, 0.2) is 0 Å². The van der Waals surface area contributed by atoms with Gasteiger partial charge < -0.3 is 10.6 Å². The van der Waals surface area contributed by atoms with Crippen LogP contribution in [0.2, 0.25) is 0 Å². The van der Waals surface area contributed by atoms with E-state index in [4.69, 9.17) is 0 Å². The van der Waals surface area contributed by atoms with E-state index in [2.05, 4.69) is 20.6 Å². The number of aromatic nitrogens is 2. The average Bonchev–Trinajstić information content (AvgIpc) is 3.05. The SMILES string of the molecule is O=C(NCCc1csc(-c2ccccn2)n1)Nc1ccccc1. The Labute approximate surface area is 138 Å². The van der Waals surface area contributed by atoms with Gasteiger partial charge in [0, 0.05) is 30.2 Å². The largest absolute Gasteiger partial charge is 0.337 e. The van der Waals surface area contributed by atoms with Crippen molar-refractivity contribution in [3.8, 4) is 10.7 Å². The molecule has 0 aliphatic heterocycles. The van der Waals surface area contributed by atoms with Crippen LogP contribution < -0.4 is 10.6 Å². The highest BCUT2D eigenvalue weighted by atomic mass is 32.1. The summed E-state index contributed by atoms with van der Waals surface area (Å²) in [7, 11) is 0. The monoisotopic (exact) mass is 324 g/mol. The van der Waals surface area contributed by atoms with Crippen molar-refractivity contribution in [3.05, 3.63) is 65.8 Å². The molecule has 2 N–H and O–H groups in total. The molecule has 23 heavy (non-hydrogen) atoms. The second-order valence-corrected chi connectivity index (χ2v) is 5.71. The molecule has 5 nitrogen and oxygen atoms in total. The molecule has 0 spiro atoms. The Morgan fingerprint density at radius 1 is 1.09 bits per heavy atom. The number of pyridine rings is 1. The van der Waals surface area contributed by atoms with E-state index in [1.165, 1.54) is 0 Å². The topological polar surface area (TPSA) is 66.9 Å². The summed E-state index contributed by atoms with van der Waals surface area (Å²) in [6.45, 7) is 0.532. The van der Waals surface area contributed by atoms with E-state index in [0.717, 1.165) is 22.1 Å². The molecule has 0 saturated heterocycles. The van der Waals surface area contributed by atoms with Crippen molar-refractivity contribution in [1.29, 1.82) is 0 Å². The number of hydrogen-bond acceptors (Lipinski definition) is 4. The molecule has 2 amide bonds. The number of carbonyl (C=O) groups is 1. The minimum atomic E-state index is -0.212. The van der Waals surface area contributed by atoms with Crippen LogP contribution in [0.25, 0.3) is 10.7 Å². The highest BCUT2D eigenvalue weighted by Gasteiger charge is 2.06. The molecule has 3 aromatic rings. The lowest BCUT2D eigenvalue weighted by Gasteiger charge is -2.06. The van der Waals surface area contributed by atoms with E-state index in [0.29, 0.717) is 13.0 Å². The molecule has 2 heterocycles. The number of para-hydroxylation sites is 1. The highest BCUT2D eigenvalue weighted by Crippen LogP contribution is 2.21. The molecule has 2 aromatic heterocycles. The van der Waals surface area contributed by atoms with Gasteiger partial charge in [0.05, 0.1) is 11.4 Å². The maximum absolute atomic E-state index is 11.8. The lowest BCUT2D eigenvalue weighted by Crippen LogP contribution is -2.30. The Hall–Kier alpha value is -2.73. The smallest absolute Gasteiger partial charge is 0.319 e. The second kappa shape index (κ2) is 7.51. The van der Waals surface area contributed by atoms with E-state index < -0.39 is 0 Å². The number of nitrogens with one attached hydrogen (secondary N) is 2. The summed E-state index contributed by atoms with van der Waals surface area (Å²) in [6, 6.07) is 14.9. The van der Waals surface area contributed by atoms with Crippen molar-refractivity contribution in [2.24, 2.45) is 0 Å². The van der Waals surface area contributed by atoms with Crippen LogP contribution in [-0.2, 0) is 6.42 Å². The fourth-order valence-corrected chi connectivity index (χ4v) is 2.86. The lowest BCUT2D eigenvalue weighted by atomic mass is 10.3. The molecule has 0 aliphatic carbocycles. The summed E-state index contributed by atoms with van der Waals surface area (Å²) >= 11 is 1.56. The lowest BCUT2D eigenvalue weighted by molar-refractivity contribution is 0.252. The molecule has 6 heteroatoms. The number of urea groups is 1. The number of carbonyl (C=O) groups excluding carboxylic acids is 1. The maximum Gasteiger partial charge on any atom is 0.319 e. The summed E-state index contributed by atoms with van der Waals surface area (Å²) < 4.78 is 0. The van der Waals surface area contributed by atoms with E-state index in [1.54, 1.807) is 17.5 Å². The van der Waals surface area contributed by atoms with E-state index in [-0.39, 0.29) is 6.03 Å². The van der Waals surface area contributed by atoms with Crippen molar-refractivity contribution in [3.63, 3.8) is 0 Å². The van der Waals surface area contributed by atoms with Gasteiger partial charge in [-0.15, -0.1) is 11.3 Å². The zero-order valence-corrected chi connectivity index (χ0v) is 13.2. The van der Waals surface area contributed by atoms with Crippen LogP contribution in [0.1, 0.15) is 5.69 Å². The quantitative estimate of drug-likeness (QED) is 0.754. The standard InChI is InChI=1S/C17H16N4OS/c22-17(21-13-6-2-1-3-7-13)19-11-9-14-12-23-16(20-14)15-8-4-5-10-18-15/h1-8,10,12H,9,11H2,(H2,19,21,22). The summed E-state index contributed by atoms with van der Waals surface area (Å²) in [4.78, 5) is 20.6. The van der Waals surface area contributed by atoms with Crippen molar-refractivity contribution in [2.75, 3.05) is 11.9 Å². The second-order valence-electron chi connectivity index (χ2n) is 4.86. The molecule has 0 bridgehead atoms. The third-order valence-corrected chi connectivity index (χ3v) is 4.05. The third-order valence-electron chi connectivity index (χ3n) is 3.13. The van der Waals surface area contributed by atoms with Crippen LogP contribution >= 0.6 is 11.3 Å². The molecule has 0 aliphatic rings.